The van der Waals surface area contributed by atoms with Gasteiger partial charge in [-0.2, -0.15) is 0 Å². The molecule has 1 aromatic carbocycles. The van der Waals surface area contributed by atoms with Crippen molar-refractivity contribution in [2.24, 2.45) is 0 Å². The number of nitrogens with zero attached hydrogens (tertiary/aromatic N) is 1. The van der Waals surface area contributed by atoms with E-state index < -0.39 is 0 Å². The Morgan fingerprint density at radius 3 is 2.75 bits per heavy atom. The third kappa shape index (κ3) is 3.03. The number of piperidine rings is 1. The number of benzene rings is 1. The van der Waals surface area contributed by atoms with Gasteiger partial charge in [-0.1, -0.05) is 37.1 Å². The van der Waals surface area contributed by atoms with Crippen LogP contribution < -0.4 is 5.32 Å². The Hall–Kier alpha value is -0.570. The van der Waals surface area contributed by atoms with Crippen molar-refractivity contribution >= 4 is 11.6 Å². The molecule has 110 valence electrons. The Bertz CT molecular complexity index is 431. The number of nitrogens with one attached hydrogen (secondary N) is 1. The fraction of sp³-hybridized carbons (Fsp3) is 0.647. The zero-order chi connectivity index (χ0) is 13.9. The number of fused-ring (bicyclic) bond motifs is 1. The molecule has 2 heterocycles. The van der Waals surface area contributed by atoms with Gasteiger partial charge in [0.15, 0.2) is 0 Å². The predicted octanol–water partition coefficient (Wildman–Crippen LogP) is 4.01. The van der Waals surface area contributed by atoms with Gasteiger partial charge in [0.05, 0.1) is 0 Å². The summed E-state index contributed by atoms with van der Waals surface area (Å²) in [5, 5.41) is 4.74. The van der Waals surface area contributed by atoms with Crippen LogP contribution in [0.2, 0.25) is 5.02 Å². The van der Waals surface area contributed by atoms with E-state index in [0.29, 0.717) is 12.1 Å². The Morgan fingerprint density at radius 2 is 2.00 bits per heavy atom. The maximum atomic E-state index is 5.99. The fourth-order valence-corrected chi connectivity index (χ4v) is 3.97. The van der Waals surface area contributed by atoms with Crippen molar-refractivity contribution in [1.29, 1.82) is 0 Å². The van der Waals surface area contributed by atoms with E-state index in [1.807, 2.05) is 12.1 Å². The van der Waals surface area contributed by atoms with Crippen molar-refractivity contribution < 1.29 is 0 Å². The van der Waals surface area contributed by atoms with Gasteiger partial charge in [-0.15, -0.1) is 0 Å². The number of rotatable bonds is 4. The van der Waals surface area contributed by atoms with Crippen molar-refractivity contribution in [2.75, 3.05) is 13.1 Å². The maximum Gasteiger partial charge on any atom is 0.0406 e. The van der Waals surface area contributed by atoms with Gasteiger partial charge in [-0.25, -0.2) is 0 Å². The van der Waals surface area contributed by atoms with Gasteiger partial charge < -0.3 is 5.32 Å². The number of hydrogen-bond donors (Lipinski definition) is 1. The Balaban J connectivity index is 1.67. The number of halogens is 1. The molecule has 1 N–H and O–H groups in total. The molecule has 0 spiro atoms. The zero-order valence-corrected chi connectivity index (χ0v) is 13.1. The molecule has 0 radical (unpaired) electrons. The molecule has 3 rings (SSSR count). The van der Waals surface area contributed by atoms with E-state index in [1.54, 1.807) is 0 Å². The second-order valence-electron chi connectivity index (χ2n) is 6.17. The molecular formula is C17H25ClN2. The van der Waals surface area contributed by atoms with Gasteiger partial charge in [0, 0.05) is 29.7 Å². The van der Waals surface area contributed by atoms with Crippen LogP contribution in [-0.4, -0.2) is 30.1 Å². The van der Waals surface area contributed by atoms with E-state index in [9.17, 15) is 0 Å². The zero-order valence-electron chi connectivity index (χ0n) is 12.3. The summed E-state index contributed by atoms with van der Waals surface area (Å²) in [7, 11) is 0. The average Bonchev–Trinajstić information content (AvgIpc) is 2.89. The SMILES string of the molecule is CCC(NC1CCN2CCCCC12)c1ccc(Cl)cc1. The molecule has 0 saturated carbocycles. The summed E-state index contributed by atoms with van der Waals surface area (Å²) in [6, 6.07) is 10.2. The normalized spacial score (nSPS) is 28.3. The molecule has 20 heavy (non-hydrogen) atoms. The summed E-state index contributed by atoms with van der Waals surface area (Å²) in [4.78, 5) is 2.69. The van der Waals surface area contributed by atoms with Crippen molar-refractivity contribution in [1.82, 2.24) is 10.2 Å². The topological polar surface area (TPSA) is 15.3 Å². The van der Waals surface area contributed by atoms with Gasteiger partial charge >= 0.3 is 0 Å². The third-order valence-corrected chi connectivity index (χ3v) is 5.20. The fourth-order valence-electron chi connectivity index (χ4n) is 3.85. The van der Waals surface area contributed by atoms with Crippen LogP contribution in [0.3, 0.4) is 0 Å². The Labute approximate surface area is 127 Å². The molecule has 2 fully saturated rings. The van der Waals surface area contributed by atoms with Gasteiger partial charge in [-0.3, -0.25) is 4.90 Å². The molecule has 1 aromatic rings. The van der Waals surface area contributed by atoms with Crippen LogP contribution in [0.15, 0.2) is 24.3 Å². The average molecular weight is 293 g/mol. The molecule has 2 aliphatic rings. The van der Waals surface area contributed by atoms with Crippen molar-refractivity contribution in [3.8, 4) is 0 Å². The minimum Gasteiger partial charge on any atom is -0.306 e. The second kappa shape index (κ2) is 6.46. The minimum atomic E-state index is 0.458. The van der Waals surface area contributed by atoms with E-state index in [-0.39, 0.29) is 0 Å². The first kappa shape index (κ1) is 14.4. The minimum absolute atomic E-state index is 0.458. The lowest BCUT2D eigenvalue weighted by Crippen LogP contribution is -2.45. The van der Waals surface area contributed by atoms with Crippen molar-refractivity contribution in [3.63, 3.8) is 0 Å². The van der Waals surface area contributed by atoms with Crippen LogP contribution in [-0.2, 0) is 0 Å². The lowest BCUT2D eigenvalue weighted by atomic mass is 9.96. The van der Waals surface area contributed by atoms with Gasteiger partial charge in [0.1, 0.15) is 0 Å². The lowest BCUT2D eigenvalue weighted by molar-refractivity contribution is 0.176. The summed E-state index contributed by atoms with van der Waals surface area (Å²) in [6.07, 6.45) is 6.59. The van der Waals surface area contributed by atoms with E-state index in [1.165, 1.54) is 44.3 Å². The third-order valence-electron chi connectivity index (χ3n) is 4.95. The highest BCUT2D eigenvalue weighted by Gasteiger charge is 2.36. The van der Waals surface area contributed by atoms with E-state index in [2.05, 4.69) is 29.3 Å². The monoisotopic (exact) mass is 292 g/mol. The standard InChI is InChI=1S/C17H25ClN2/c1-2-15(13-6-8-14(18)9-7-13)19-16-10-12-20-11-4-3-5-17(16)20/h6-9,15-17,19H,2-5,10-12H2,1H3. The molecule has 0 aliphatic carbocycles. The second-order valence-corrected chi connectivity index (χ2v) is 6.61. The Morgan fingerprint density at radius 1 is 1.20 bits per heavy atom. The summed E-state index contributed by atoms with van der Waals surface area (Å²) < 4.78 is 0. The lowest BCUT2D eigenvalue weighted by Gasteiger charge is -2.34. The van der Waals surface area contributed by atoms with Crippen LogP contribution in [0.4, 0.5) is 0 Å². The van der Waals surface area contributed by atoms with Crippen molar-refractivity contribution in [3.05, 3.63) is 34.9 Å². The summed E-state index contributed by atoms with van der Waals surface area (Å²) in [5.41, 5.74) is 1.37. The van der Waals surface area contributed by atoms with Crippen LogP contribution in [0.1, 0.15) is 50.6 Å². The van der Waals surface area contributed by atoms with Crippen LogP contribution >= 0.6 is 11.6 Å². The molecule has 0 aromatic heterocycles. The molecule has 2 saturated heterocycles. The summed E-state index contributed by atoms with van der Waals surface area (Å²) in [5.74, 6) is 0. The number of hydrogen-bond acceptors (Lipinski definition) is 2. The molecule has 3 atom stereocenters. The maximum absolute atomic E-state index is 5.99. The molecule has 3 heteroatoms. The predicted molar refractivity (Wildman–Crippen MR) is 85.2 cm³/mol. The van der Waals surface area contributed by atoms with Crippen LogP contribution in [0, 0.1) is 0 Å². The van der Waals surface area contributed by atoms with Crippen molar-refractivity contribution in [2.45, 2.75) is 57.2 Å². The molecule has 3 unspecified atom stereocenters. The Kier molecular flexibility index (Phi) is 4.65. The van der Waals surface area contributed by atoms with E-state index in [4.69, 9.17) is 11.6 Å². The highest BCUT2D eigenvalue weighted by Crippen LogP contribution is 2.29. The first-order valence-electron chi connectivity index (χ1n) is 8.03. The van der Waals surface area contributed by atoms with Crippen LogP contribution in [0.25, 0.3) is 0 Å². The molecular weight excluding hydrogens is 268 g/mol. The highest BCUT2D eigenvalue weighted by molar-refractivity contribution is 6.30. The summed E-state index contributed by atoms with van der Waals surface area (Å²) >= 11 is 5.99. The summed E-state index contributed by atoms with van der Waals surface area (Å²) in [6.45, 7) is 4.85. The highest BCUT2D eigenvalue weighted by atomic mass is 35.5. The van der Waals surface area contributed by atoms with Gasteiger partial charge in [0.25, 0.3) is 0 Å². The van der Waals surface area contributed by atoms with Crippen LogP contribution in [0.5, 0.6) is 0 Å². The molecule has 2 aliphatic heterocycles. The smallest absolute Gasteiger partial charge is 0.0406 e. The molecule has 0 amide bonds. The van der Waals surface area contributed by atoms with Gasteiger partial charge in [0.2, 0.25) is 0 Å². The van der Waals surface area contributed by atoms with E-state index in [0.717, 1.165) is 17.5 Å². The first-order valence-corrected chi connectivity index (χ1v) is 8.41. The van der Waals surface area contributed by atoms with E-state index >= 15 is 0 Å². The van der Waals surface area contributed by atoms with Gasteiger partial charge in [-0.05, 0) is 49.9 Å². The molecule has 0 bridgehead atoms. The largest absolute Gasteiger partial charge is 0.306 e. The molecule has 2 nitrogen and oxygen atoms in total. The quantitative estimate of drug-likeness (QED) is 0.902. The first-order chi connectivity index (χ1) is 9.78.